The molecule has 0 aliphatic carbocycles. The normalized spacial score (nSPS) is 11.3. The van der Waals surface area contributed by atoms with Crippen LogP contribution in [-0.2, 0) is 0 Å². The lowest BCUT2D eigenvalue weighted by Gasteiger charge is -2.28. The van der Waals surface area contributed by atoms with Gasteiger partial charge in [0.25, 0.3) is 0 Å². The molecule has 2 heteroatoms. The van der Waals surface area contributed by atoms with E-state index in [2.05, 4.69) is 228 Å². The zero-order valence-electron chi connectivity index (χ0n) is 29.7. The van der Waals surface area contributed by atoms with Crippen LogP contribution in [0.25, 0.3) is 71.6 Å². The predicted molar refractivity (Wildman–Crippen MR) is 229 cm³/mol. The van der Waals surface area contributed by atoms with E-state index in [0.717, 1.165) is 17.1 Å². The lowest BCUT2D eigenvalue weighted by molar-refractivity contribution is 1.18. The molecular weight excluding hydrogens is 653 g/mol. The van der Waals surface area contributed by atoms with Gasteiger partial charge in [-0.25, -0.2) is 0 Å². The zero-order chi connectivity index (χ0) is 35.8. The first-order chi connectivity index (χ1) is 26.8. The van der Waals surface area contributed by atoms with Gasteiger partial charge in [-0.2, -0.15) is 0 Å². The number of hydrogen-bond acceptors (Lipinski definition) is 1. The van der Waals surface area contributed by atoms with E-state index < -0.39 is 0 Å². The average molecular weight is 689 g/mol. The van der Waals surface area contributed by atoms with E-state index in [0.29, 0.717) is 0 Å². The third kappa shape index (κ3) is 5.53. The van der Waals surface area contributed by atoms with Gasteiger partial charge in [-0.1, -0.05) is 158 Å². The van der Waals surface area contributed by atoms with E-state index in [-0.39, 0.29) is 0 Å². The van der Waals surface area contributed by atoms with Gasteiger partial charge in [-0.3, -0.25) is 0 Å². The van der Waals surface area contributed by atoms with Crippen LogP contribution in [0.5, 0.6) is 0 Å². The summed E-state index contributed by atoms with van der Waals surface area (Å²) in [6.07, 6.45) is 0. The smallest absolute Gasteiger partial charge is 0.0547 e. The summed E-state index contributed by atoms with van der Waals surface area (Å²) in [5, 5.41) is 5.06. The molecule has 0 saturated heterocycles. The van der Waals surface area contributed by atoms with Crippen molar-refractivity contribution in [1.82, 2.24) is 4.57 Å². The van der Waals surface area contributed by atoms with Crippen molar-refractivity contribution in [3.8, 4) is 39.1 Å². The van der Waals surface area contributed by atoms with Crippen LogP contribution in [0.1, 0.15) is 0 Å². The number of anilines is 3. The van der Waals surface area contributed by atoms with Crippen molar-refractivity contribution >= 4 is 49.6 Å². The highest BCUT2D eigenvalue weighted by Gasteiger charge is 2.18. The number of benzene rings is 9. The first kappa shape index (κ1) is 31.6. The van der Waals surface area contributed by atoms with Crippen molar-refractivity contribution in [1.29, 1.82) is 0 Å². The van der Waals surface area contributed by atoms with Gasteiger partial charge in [0.2, 0.25) is 0 Å². The second-order valence-electron chi connectivity index (χ2n) is 13.8. The lowest BCUT2D eigenvalue weighted by atomic mass is 9.97. The molecule has 254 valence electrons. The molecule has 0 bridgehead atoms. The van der Waals surface area contributed by atoms with E-state index >= 15 is 0 Å². The lowest BCUT2D eigenvalue weighted by Crippen LogP contribution is -2.11. The van der Waals surface area contributed by atoms with Crippen molar-refractivity contribution < 1.29 is 0 Å². The number of para-hydroxylation sites is 3. The van der Waals surface area contributed by atoms with Crippen molar-refractivity contribution in [3.05, 3.63) is 218 Å². The number of hydrogen-bond donors (Lipinski definition) is 0. The van der Waals surface area contributed by atoms with E-state index in [4.69, 9.17) is 0 Å². The summed E-state index contributed by atoms with van der Waals surface area (Å²) < 4.78 is 2.38. The van der Waals surface area contributed by atoms with Crippen LogP contribution in [-0.4, -0.2) is 4.57 Å². The highest BCUT2D eigenvalue weighted by molar-refractivity contribution is 6.21. The SMILES string of the molecule is c1ccc(-c2ccc(N(c3ccc(-c4ccc5c(ccc6c5c5ccccc5n6-c5ccccc5)c4)cc3)c3ccccc3-c3ccccc3)cc2)cc1. The van der Waals surface area contributed by atoms with Gasteiger partial charge in [0, 0.05) is 33.4 Å². The molecule has 54 heavy (non-hydrogen) atoms. The van der Waals surface area contributed by atoms with E-state index in [1.807, 2.05) is 0 Å². The van der Waals surface area contributed by atoms with Crippen LogP contribution in [0.2, 0.25) is 0 Å². The first-order valence-corrected chi connectivity index (χ1v) is 18.5. The molecule has 10 rings (SSSR count). The molecule has 9 aromatic carbocycles. The van der Waals surface area contributed by atoms with Crippen molar-refractivity contribution in [2.45, 2.75) is 0 Å². The average Bonchev–Trinajstić information content (AvgIpc) is 3.60. The molecule has 0 saturated carbocycles. The number of nitrogens with zero attached hydrogens (tertiary/aromatic N) is 2. The van der Waals surface area contributed by atoms with Gasteiger partial charge < -0.3 is 9.47 Å². The molecule has 2 nitrogen and oxygen atoms in total. The fourth-order valence-electron chi connectivity index (χ4n) is 8.03. The van der Waals surface area contributed by atoms with Crippen molar-refractivity contribution in [2.24, 2.45) is 0 Å². The summed E-state index contributed by atoms with van der Waals surface area (Å²) in [4.78, 5) is 2.38. The van der Waals surface area contributed by atoms with Gasteiger partial charge in [-0.05, 0) is 99.3 Å². The van der Waals surface area contributed by atoms with E-state index in [1.165, 1.54) is 71.6 Å². The number of rotatable bonds is 7. The molecule has 0 aliphatic heterocycles. The Morgan fingerprint density at radius 1 is 0.333 bits per heavy atom. The maximum Gasteiger partial charge on any atom is 0.0547 e. The second kappa shape index (κ2) is 13.4. The third-order valence-corrected chi connectivity index (χ3v) is 10.6. The van der Waals surface area contributed by atoms with Crippen LogP contribution < -0.4 is 4.90 Å². The molecule has 0 fully saturated rings. The molecule has 0 radical (unpaired) electrons. The molecule has 0 aliphatic rings. The van der Waals surface area contributed by atoms with E-state index in [1.54, 1.807) is 0 Å². The van der Waals surface area contributed by atoms with Crippen molar-refractivity contribution in [3.63, 3.8) is 0 Å². The standard InChI is InChI=1S/C52H36N2/c1-4-14-37(15-5-1)38-24-30-44(31-25-38)53(49-22-12-10-20-46(49)40-16-6-2-7-17-40)45-32-26-39(27-33-45)41-28-34-47-42(36-41)29-35-51-52(47)48-21-11-13-23-50(48)54(51)43-18-8-3-9-19-43/h1-36H. The zero-order valence-corrected chi connectivity index (χ0v) is 29.7. The van der Waals surface area contributed by atoms with Gasteiger partial charge >= 0.3 is 0 Å². The third-order valence-electron chi connectivity index (χ3n) is 10.6. The fourth-order valence-corrected chi connectivity index (χ4v) is 8.03. The van der Waals surface area contributed by atoms with Crippen molar-refractivity contribution in [2.75, 3.05) is 4.90 Å². The summed E-state index contributed by atoms with van der Waals surface area (Å²) in [6, 6.07) is 78.7. The molecule has 0 amide bonds. The topological polar surface area (TPSA) is 8.17 Å². The molecule has 1 aromatic heterocycles. The summed E-state index contributed by atoms with van der Waals surface area (Å²) in [5.41, 5.74) is 14.1. The predicted octanol–water partition coefficient (Wildman–Crippen LogP) is 14.4. The quantitative estimate of drug-likeness (QED) is 0.162. The number of aromatic nitrogens is 1. The maximum absolute atomic E-state index is 2.38. The minimum Gasteiger partial charge on any atom is -0.310 e. The van der Waals surface area contributed by atoms with Gasteiger partial charge in [0.1, 0.15) is 0 Å². The molecule has 1 heterocycles. The minimum atomic E-state index is 1.10. The Hall–Kier alpha value is -7.16. The van der Waals surface area contributed by atoms with Crippen LogP contribution >= 0.6 is 0 Å². The molecule has 0 spiro atoms. The van der Waals surface area contributed by atoms with Crippen LogP contribution in [0.3, 0.4) is 0 Å². The summed E-state index contributed by atoms with van der Waals surface area (Å²) in [5.74, 6) is 0. The Morgan fingerprint density at radius 3 is 1.57 bits per heavy atom. The molecular formula is C52H36N2. The van der Waals surface area contributed by atoms with E-state index in [9.17, 15) is 0 Å². The summed E-state index contributed by atoms with van der Waals surface area (Å²) >= 11 is 0. The molecule has 0 atom stereocenters. The summed E-state index contributed by atoms with van der Waals surface area (Å²) in [6.45, 7) is 0. The second-order valence-corrected chi connectivity index (χ2v) is 13.8. The van der Waals surface area contributed by atoms with Gasteiger partial charge in [-0.15, -0.1) is 0 Å². The fraction of sp³-hybridized carbons (Fsp3) is 0. The Morgan fingerprint density at radius 2 is 0.870 bits per heavy atom. The maximum atomic E-state index is 2.38. The molecule has 10 aromatic rings. The van der Waals surface area contributed by atoms with Crippen LogP contribution in [0.15, 0.2) is 218 Å². The van der Waals surface area contributed by atoms with Gasteiger partial charge in [0.05, 0.1) is 16.7 Å². The Bertz CT molecular complexity index is 2890. The monoisotopic (exact) mass is 688 g/mol. The minimum absolute atomic E-state index is 1.10. The number of fused-ring (bicyclic) bond motifs is 5. The van der Waals surface area contributed by atoms with Gasteiger partial charge in [0.15, 0.2) is 0 Å². The summed E-state index contributed by atoms with van der Waals surface area (Å²) in [7, 11) is 0. The molecule has 0 unspecified atom stereocenters. The Labute approximate surface area is 315 Å². The van der Waals surface area contributed by atoms with Crippen LogP contribution in [0.4, 0.5) is 17.1 Å². The largest absolute Gasteiger partial charge is 0.310 e. The first-order valence-electron chi connectivity index (χ1n) is 18.5. The Kier molecular flexibility index (Phi) is 7.85. The molecule has 0 N–H and O–H groups in total. The highest BCUT2D eigenvalue weighted by Crippen LogP contribution is 2.42. The highest BCUT2D eigenvalue weighted by atomic mass is 15.1. The Balaban J connectivity index is 1.06. The van der Waals surface area contributed by atoms with Crippen LogP contribution in [0, 0.1) is 0 Å².